The first-order valence-electron chi connectivity index (χ1n) is 7.00. The lowest BCUT2D eigenvalue weighted by molar-refractivity contribution is 0.207. The van der Waals surface area contributed by atoms with Crippen LogP contribution in [0.3, 0.4) is 0 Å². The molecule has 2 N–H and O–H groups in total. The monoisotopic (exact) mass is 277 g/mol. The van der Waals surface area contributed by atoms with Crippen LogP contribution in [0.25, 0.3) is 0 Å². The second kappa shape index (κ2) is 5.05. The summed E-state index contributed by atoms with van der Waals surface area (Å²) in [5.74, 6) is 0.986. The van der Waals surface area contributed by atoms with Crippen molar-refractivity contribution in [2.75, 3.05) is 33.3 Å². The first-order valence-corrected chi connectivity index (χ1v) is 7.00. The van der Waals surface area contributed by atoms with Crippen LogP contribution in [-0.4, -0.2) is 49.3 Å². The molecule has 0 amide bonds. The van der Waals surface area contributed by atoms with Crippen LogP contribution in [0.15, 0.2) is 29.3 Å². The average molecular weight is 277 g/mol. The van der Waals surface area contributed by atoms with Crippen LogP contribution in [0, 0.1) is 11.2 Å². The van der Waals surface area contributed by atoms with Crippen LogP contribution < -0.4 is 5.32 Å². The molecular weight excluding hydrogens is 257 g/mol. The molecule has 0 saturated heterocycles. The maximum atomic E-state index is 13.0. The van der Waals surface area contributed by atoms with Gasteiger partial charge < -0.3 is 15.3 Å². The van der Waals surface area contributed by atoms with E-state index in [1.165, 1.54) is 12.1 Å². The van der Waals surface area contributed by atoms with Gasteiger partial charge in [-0.15, -0.1) is 0 Å². The fraction of sp³-hybridized carbons (Fsp3) is 0.533. The summed E-state index contributed by atoms with van der Waals surface area (Å²) in [5.41, 5.74) is 0.966. The SMILES string of the molecule is CN1CCN=C1NCC1(CO)CC1c1ccc(F)cc1. The van der Waals surface area contributed by atoms with Gasteiger partial charge in [0.1, 0.15) is 5.82 Å². The van der Waals surface area contributed by atoms with Gasteiger partial charge >= 0.3 is 0 Å². The third-order valence-electron chi connectivity index (χ3n) is 4.43. The highest BCUT2D eigenvalue weighted by Crippen LogP contribution is 2.58. The largest absolute Gasteiger partial charge is 0.396 e. The summed E-state index contributed by atoms with van der Waals surface area (Å²) in [5, 5.41) is 13.1. The number of guanidine groups is 1. The number of likely N-dealkylation sites (N-methyl/N-ethyl adjacent to an activating group) is 1. The van der Waals surface area contributed by atoms with Crippen molar-refractivity contribution in [1.29, 1.82) is 0 Å². The summed E-state index contributed by atoms with van der Waals surface area (Å²) in [7, 11) is 2.01. The Morgan fingerprint density at radius 2 is 2.20 bits per heavy atom. The summed E-state index contributed by atoms with van der Waals surface area (Å²) in [6, 6.07) is 6.60. The molecule has 2 unspecified atom stereocenters. The van der Waals surface area contributed by atoms with Crippen LogP contribution in [0.1, 0.15) is 17.9 Å². The molecule has 0 aromatic heterocycles. The normalized spacial score (nSPS) is 28.4. The molecule has 0 spiro atoms. The molecule has 0 radical (unpaired) electrons. The minimum Gasteiger partial charge on any atom is -0.396 e. The van der Waals surface area contributed by atoms with E-state index in [-0.39, 0.29) is 17.8 Å². The number of rotatable bonds is 4. The third-order valence-corrected chi connectivity index (χ3v) is 4.43. The molecule has 0 bridgehead atoms. The van der Waals surface area contributed by atoms with Crippen LogP contribution in [0.5, 0.6) is 0 Å². The summed E-state index contributed by atoms with van der Waals surface area (Å²) < 4.78 is 13.0. The minimum absolute atomic E-state index is 0.135. The summed E-state index contributed by atoms with van der Waals surface area (Å²) >= 11 is 0. The van der Waals surface area contributed by atoms with E-state index in [4.69, 9.17) is 0 Å². The van der Waals surface area contributed by atoms with E-state index < -0.39 is 0 Å². The summed E-state index contributed by atoms with van der Waals surface area (Å²) in [6.45, 7) is 2.61. The first-order chi connectivity index (χ1) is 9.64. The predicted octanol–water partition coefficient (Wildman–Crippen LogP) is 1.18. The lowest BCUT2D eigenvalue weighted by Crippen LogP contribution is -2.40. The van der Waals surface area contributed by atoms with Crippen molar-refractivity contribution in [2.24, 2.45) is 10.4 Å². The van der Waals surface area contributed by atoms with E-state index in [0.717, 1.165) is 31.0 Å². The highest BCUT2D eigenvalue weighted by Gasteiger charge is 2.54. The maximum Gasteiger partial charge on any atom is 0.193 e. The number of aliphatic hydroxyl groups excluding tert-OH is 1. The lowest BCUT2D eigenvalue weighted by atomic mass is 10.00. The van der Waals surface area contributed by atoms with Gasteiger partial charge in [-0.2, -0.15) is 0 Å². The van der Waals surface area contributed by atoms with Gasteiger partial charge in [0.25, 0.3) is 0 Å². The second-order valence-electron chi connectivity index (χ2n) is 5.81. The van der Waals surface area contributed by atoms with Crippen molar-refractivity contribution in [3.05, 3.63) is 35.6 Å². The van der Waals surface area contributed by atoms with Crippen molar-refractivity contribution in [1.82, 2.24) is 10.2 Å². The van der Waals surface area contributed by atoms with E-state index in [0.29, 0.717) is 12.5 Å². The van der Waals surface area contributed by atoms with Gasteiger partial charge in [0.15, 0.2) is 5.96 Å². The highest BCUT2D eigenvalue weighted by atomic mass is 19.1. The zero-order valence-corrected chi connectivity index (χ0v) is 11.6. The van der Waals surface area contributed by atoms with Crippen molar-refractivity contribution in [3.63, 3.8) is 0 Å². The Bertz CT molecular complexity index is 516. The Balaban J connectivity index is 1.64. The van der Waals surface area contributed by atoms with E-state index in [1.807, 2.05) is 19.2 Å². The molecule has 4 nitrogen and oxygen atoms in total. The number of hydrogen-bond acceptors (Lipinski definition) is 4. The lowest BCUT2D eigenvalue weighted by Gasteiger charge is -2.20. The topological polar surface area (TPSA) is 47.9 Å². The number of benzene rings is 1. The Hall–Kier alpha value is -1.62. The minimum atomic E-state index is -0.218. The Morgan fingerprint density at radius 1 is 1.45 bits per heavy atom. The second-order valence-corrected chi connectivity index (χ2v) is 5.81. The van der Waals surface area contributed by atoms with Crippen LogP contribution in [0.4, 0.5) is 4.39 Å². The maximum absolute atomic E-state index is 13.0. The molecule has 108 valence electrons. The predicted molar refractivity (Wildman–Crippen MR) is 76.2 cm³/mol. The smallest absolute Gasteiger partial charge is 0.193 e. The van der Waals surface area contributed by atoms with E-state index in [9.17, 15) is 9.50 Å². The fourth-order valence-electron chi connectivity index (χ4n) is 2.92. The Labute approximate surface area is 118 Å². The third kappa shape index (κ3) is 2.38. The zero-order chi connectivity index (χ0) is 14.2. The number of halogens is 1. The number of nitrogens with zero attached hydrogens (tertiary/aromatic N) is 2. The van der Waals surface area contributed by atoms with Crippen molar-refractivity contribution < 1.29 is 9.50 Å². The molecule has 1 aromatic rings. The molecule has 1 aliphatic heterocycles. The number of aliphatic hydroxyl groups is 1. The molecule has 5 heteroatoms. The van der Waals surface area contributed by atoms with E-state index in [2.05, 4.69) is 15.2 Å². The number of nitrogens with one attached hydrogen (secondary N) is 1. The molecule has 2 atom stereocenters. The van der Waals surface area contributed by atoms with Gasteiger partial charge in [-0.1, -0.05) is 12.1 Å². The Kier molecular flexibility index (Phi) is 3.38. The van der Waals surface area contributed by atoms with Crippen LogP contribution in [0.2, 0.25) is 0 Å². The van der Waals surface area contributed by atoms with Crippen molar-refractivity contribution >= 4 is 5.96 Å². The average Bonchev–Trinajstić information content (AvgIpc) is 3.04. The molecule has 1 fully saturated rings. The van der Waals surface area contributed by atoms with Gasteiger partial charge in [-0.3, -0.25) is 4.99 Å². The molecule has 1 aromatic carbocycles. The molecule has 1 saturated carbocycles. The molecule has 1 heterocycles. The van der Waals surface area contributed by atoms with E-state index >= 15 is 0 Å². The zero-order valence-electron chi connectivity index (χ0n) is 11.6. The molecule has 3 rings (SSSR count). The number of aliphatic imine (C=N–C) groups is 1. The van der Waals surface area contributed by atoms with Crippen molar-refractivity contribution in [3.8, 4) is 0 Å². The quantitative estimate of drug-likeness (QED) is 0.869. The van der Waals surface area contributed by atoms with Crippen LogP contribution >= 0.6 is 0 Å². The van der Waals surface area contributed by atoms with Crippen molar-refractivity contribution in [2.45, 2.75) is 12.3 Å². The molecular formula is C15H20FN3O. The standard InChI is InChI=1S/C15H20FN3O/c1-19-7-6-17-14(19)18-9-15(10-20)8-13(15)11-2-4-12(16)5-3-11/h2-5,13,20H,6-10H2,1H3,(H,17,18). The van der Waals surface area contributed by atoms with Gasteiger partial charge in [-0.05, 0) is 30.0 Å². The van der Waals surface area contributed by atoms with Gasteiger partial charge in [0.2, 0.25) is 0 Å². The Morgan fingerprint density at radius 3 is 2.80 bits per heavy atom. The molecule has 1 aliphatic carbocycles. The molecule has 20 heavy (non-hydrogen) atoms. The van der Waals surface area contributed by atoms with Gasteiger partial charge in [-0.25, -0.2) is 4.39 Å². The summed E-state index contributed by atoms with van der Waals surface area (Å²) in [6.07, 6.45) is 0.930. The summed E-state index contributed by atoms with van der Waals surface area (Å²) in [4.78, 5) is 6.48. The first kappa shape index (κ1) is 13.4. The van der Waals surface area contributed by atoms with E-state index in [1.54, 1.807) is 0 Å². The number of hydrogen-bond donors (Lipinski definition) is 2. The van der Waals surface area contributed by atoms with Gasteiger partial charge in [0.05, 0.1) is 13.2 Å². The van der Waals surface area contributed by atoms with Gasteiger partial charge in [0, 0.05) is 25.6 Å². The highest BCUT2D eigenvalue weighted by molar-refractivity contribution is 5.81. The molecule has 2 aliphatic rings. The van der Waals surface area contributed by atoms with Crippen LogP contribution in [-0.2, 0) is 0 Å². The fourth-order valence-corrected chi connectivity index (χ4v) is 2.92.